The number of nitrogens with one attached hydrogen (secondary N) is 1. The number of carbonyl (C=O) groups is 1. The lowest BCUT2D eigenvalue weighted by Crippen LogP contribution is -2.39. The first-order valence-electron chi connectivity index (χ1n) is 9.96. The molecule has 1 aliphatic rings. The second kappa shape index (κ2) is 7.43. The largest absolute Gasteiger partial charge is 0.453 e. The molecule has 32 heavy (non-hydrogen) atoms. The van der Waals surface area contributed by atoms with Crippen LogP contribution in [0, 0.1) is 12.8 Å². The van der Waals surface area contributed by atoms with Crippen molar-refractivity contribution < 1.29 is 18.0 Å². The Morgan fingerprint density at radius 3 is 2.56 bits per heavy atom. The van der Waals surface area contributed by atoms with E-state index in [0.717, 1.165) is 5.56 Å². The zero-order chi connectivity index (χ0) is 22.5. The van der Waals surface area contributed by atoms with Crippen LogP contribution in [0.3, 0.4) is 0 Å². The fraction of sp³-hybridized carbons (Fsp3) is 0.368. The molecule has 0 spiro atoms. The molecule has 0 unspecified atom stereocenters. The highest BCUT2D eigenvalue weighted by Gasteiger charge is 2.38. The molecule has 0 bridgehead atoms. The molecule has 4 aromatic rings. The van der Waals surface area contributed by atoms with E-state index < -0.39 is 12.0 Å². The average Bonchev–Trinajstić information content (AvgIpc) is 3.37. The molecule has 5 rings (SSSR count). The van der Waals surface area contributed by atoms with Gasteiger partial charge in [0, 0.05) is 25.2 Å². The van der Waals surface area contributed by atoms with Crippen LogP contribution in [0.15, 0.2) is 30.5 Å². The van der Waals surface area contributed by atoms with Gasteiger partial charge in [0.2, 0.25) is 11.9 Å². The van der Waals surface area contributed by atoms with Gasteiger partial charge in [-0.3, -0.25) is 14.5 Å². The lowest BCUT2D eigenvalue weighted by molar-refractivity contribution is -0.146. The summed E-state index contributed by atoms with van der Waals surface area (Å²) in [6.07, 6.45) is -1.81. The molecule has 13 heteroatoms. The van der Waals surface area contributed by atoms with E-state index in [1.807, 2.05) is 24.0 Å². The number of anilines is 2. The van der Waals surface area contributed by atoms with Gasteiger partial charge in [-0.05, 0) is 49.6 Å². The fourth-order valence-electron chi connectivity index (χ4n) is 3.79. The monoisotopic (exact) mass is 445 g/mol. The first-order valence-corrected chi connectivity index (χ1v) is 9.96. The van der Waals surface area contributed by atoms with Crippen LogP contribution in [0.25, 0.3) is 11.3 Å². The number of aromatic nitrogens is 7. The van der Waals surface area contributed by atoms with Crippen molar-refractivity contribution in [3.8, 4) is 0 Å². The summed E-state index contributed by atoms with van der Waals surface area (Å²) >= 11 is 0. The Morgan fingerprint density at radius 1 is 1.06 bits per heavy atom. The summed E-state index contributed by atoms with van der Waals surface area (Å²) in [6, 6.07) is 6.82. The number of piperidine rings is 1. The summed E-state index contributed by atoms with van der Waals surface area (Å²) in [5.41, 5.74) is 1.70. The Morgan fingerprint density at radius 2 is 1.81 bits per heavy atom. The third kappa shape index (κ3) is 3.59. The number of halogens is 3. The molecular formula is C19H18F3N9O. The number of amides is 1. The Labute approximate surface area is 179 Å². The van der Waals surface area contributed by atoms with Gasteiger partial charge in [0.05, 0.1) is 0 Å². The van der Waals surface area contributed by atoms with Gasteiger partial charge in [-0.2, -0.15) is 17.7 Å². The van der Waals surface area contributed by atoms with Crippen LogP contribution in [0.4, 0.5) is 24.9 Å². The van der Waals surface area contributed by atoms with Crippen LogP contribution >= 0.6 is 0 Å². The minimum absolute atomic E-state index is 0.0195. The summed E-state index contributed by atoms with van der Waals surface area (Å²) in [5, 5.41) is 21.7. The first kappa shape index (κ1) is 20.2. The minimum Gasteiger partial charge on any atom is -0.355 e. The summed E-state index contributed by atoms with van der Waals surface area (Å²) in [6.45, 7) is 2.89. The number of pyridine rings is 1. The minimum atomic E-state index is -4.65. The molecule has 4 aromatic heterocycles. The highest BCUT2D eigenvalue weighted by molar-refractivity contribution is 5.91. The van der Waals surface area contributed by atoms with Crippen molar-refractivity contribution in [2.45, 2.75) is 25.9 Å². The predicted molar refractivity (Wildman–Crippen MR) is 107 cm³/mol. The fourth-order valence-corrected chi connectivity index (χ4v) is 3.79. The van der Waals surface area contributed by atoms with Crippen LogP contribution in [0.5, 0.6) is 0 Å². The van der Waals surface area contributed by atoms with Gasteiger partial charge in [0.1, 0.15) is 5.82 Å². The highest BCUT2D eigenvalue weighted by Crippen LogP contribution is 2.29. The summed E-state index contributed by atoms with van der Waals surface area (Å²) in [7, 11) is 0. The van der Waals surface area contributed by atoms with Crippen molar-refractivity contribution in [1.82, 2.24) is 34.4 Å². The normalized spacial score (nSPS) is 15.6. The quantitative estimate of drug-likeness (QED) is 0.516. The van der Waals surface area contributed by atoms with Crippen molar-refractivity contribution in [2.24, 2.45) is 5.92 Å². The van der Waals surface area contributed by atoms with Gasteiger partial charge >= 0.3 is 6.18 Å². The topological polar surface area (TPSA) is 106 Å². The molecule has 1 aliphatic heterocycles. The van der Waals surface area contributed by atoms with Gasteiger partial charge in [0.15, 0.2) is 11.3 Å². The maximum absolute atomic E-state index is 13.1. The molecule has 0 saturated carbocycles. The van der Waals surface area contributed by atoms with Gasteiger partial charge in [-0.15, -0.1) is 25.5 Å². The van der Waals surface area contributed by atoms with E-state index in [9.17, 15) is 18.0 Å². The van der Waals surface area contributed by atoms with E-state index in [2.05, 4.69) is 30.8 Å². The Balaban J connectivity index is 1.27. The molecule has 1 saturated heterocycles. The summed E-state index contributed by atoms with van der Waals surface area (Å²) in [5.74, 6) is -0.860. The number of hydrogen-bond acceptors (Lipinski definition) is 7. The number of hydrogen-bond donors (Lipinski definition) is 1. The Bertz CT molecular complexity index is 1300. The second-order valence-corrected chi connectivity index (χ2v) is 7.69. The number of carbonyl (C=O) groups excluding carboxylic acids is 1. The smallest absolute Gasteiger partial charge is 0.355 e. The second-order valence-electron chi connectivity index (χ2n) is 7.69. The van der Waals surface area contributed by atoms with Crippen LogP contribution < -0.4 is 10.2 Å². The molecular weight excluding hydrogens is 427 g/mol. The Hall–Kier alpha value is -3.77. The molecule has 5 heterocycles. The molecule has 0 aromatic carbocycles. The number of nitrogens with zero attached hydrogens (tertiary/aromatic N) is 8. The number of alkyl halides is 3. The van der Waals surface area contributed by atoms with E-state index in [0.29, 0.717) is 47.9 Å². The third-order valence-corrected chi connectivity index (χ3v) is 5.49. The first-order chi connectivity index (χ1) is 15.3. The zero-order valence-corrected chi connectivity index (χ0v) is 16.9. The van der Waals surface area contributed by atoms with Gasteiger partial charge < -0.3 is 4.90 Å². The van der Waals surface area contributed by atoms with E-state index in [-0.39, 0.29) is 17.5 Å². The van der Waals surface area contributed by atoms with E-state index >= 15 is 0 Å². The van der Waals surface area contributed by atoms with Crippen molar-refractivity contribution in [3.63, 3.8) is 0 Å². The highest BCUT2D eigenvalue weighted by atomic mass is 19.4. The Kier molecular flexibility index (Phi) is 4.68. The van der Waals surface area contributed by atoms with Crippen LogP contribution in [0.2, 0.25) is 0 Å². The van der Waals surface area contributed by atoms with Crippen LogP contribution in [-0.4, -0.2) is 53.4 Å². The third-order valence-electron chi connectivity index (χ3n) is 5.49. The van der Waals surface area contributed by atoms with Crippen molar-refractivity contribution in [2.75, 3.05) is 23.3 Å². The standard InChI is InChI=1S/C19H18F3N9O/c1-11-4-9-30-15(10-11)25-27-18(30)23-16(32)12-5-7-29(8-6-12)14-3-2-13-24-26-17(19(20,21)22)31(13)28-14/h2-4,9-10,12H,5-8H2,1H3,(H,23,27,32). The molecule has 166 valence electrons. The van der Waals surface area contributed by atoms with E-state index in [1.165, 1.54) is 6.07 Å². The molecule has 10 nitrogen and oxygen atoms in total. The maximum Gasteiger partial charge on any atom is 0.453 e. The lowest BCUT2D eigenvalue weighted by atomic mass is 9.96. The van der Waals surface area contributed by atoms with Gasteiger partial charge in [0.25, 0.3) is 5.82 Å². The molecule has 0 atom stereocenters. The number of fused-ring (bicyclic) bond motifs is 2. The van der Waals surface area contributed by atoms with Gasteiger partial charge in [-0.25, -0.2) is 0 Å². The van der Waals surface area contributed by atoms with Crippen molar-refractivity contribution in [3.05, 3.63) is 41.9 Å². The zero-order valence-electron chi connectivity index (χ0n) is 16.9. The van der Waals surface area contributed by atoms with Gasteiger partial charge in [-0.1, -0.05) is 0 Å². The maximum atomic E-state index is 13.1. The molecule has 0 aliphatic carbocycles. The molecule has 1 amide bonds. The SMILES string of the molecule is Cc1ccn2c(NC(=O)C3CCN(c4ccc5nnc(C(F)(F)F)n5n4)CC3)nnc2c1. The molecule has 1 fully saturated rings. The van der Waals surface area contributed by atoms with Crippen LogP contribution in [0.1, 0.15) is 24.2 Å². The molecule has 0 radical (unpaired) electrons. The predicted octanol–water partition coefficient (Wildman–Crippen LogP) is 2.35. The van der Waals surface area contributed by atoms with E-state index in [4.69, 9.17) is 0 Å². The number of rotatable bonds is 3. The summed E-state index contributed by atoms with van der Waals surface area (Å²) in [4.78, 5) is 14.6. The van der Waals surface area contributed by atoms with Crippen LogP contribution in [-0.2, 0) is 11.0 Å². The van der Waals surface area contributed by atoms with Crippen molar-refractivity contribution in [1.29, 1.82) is 0 Å². The van der Waals surface area contributed by atoms with E-state index in [1.54, 1.807) is 16.7 Å². The van der Waals surface area contributed by atoms with Crippen molar-refractivity contribution >= 4 is 29.0 Å². The molecule has 1 N–H and O–H groups in total. The number of aryl methyl sites for hydroxylation is 1. The average molecular weight is 445 g/mol. The lowest BCUT2D eigenvalue weighted by Gasteiger charge is -2.31. The summed E-state index contributed by atoms with van der Waals surface area (Å²) < 4.78 is 41.7.